The van der Waals surface area contributed by atoms with E-state index < -0.39 is 21.1 Å². The van der Waals surface area contributed by atoms with Crippen molar-refractivity contribution in [3.8, 4) is 0 Å². The normalized spacial score (nSPS) is 22.5. The molecular weight excluding hydrogens is 266 g/mol. The summed E-state index contributed by atoms with van der Waals surface area (Å²) in [7, 11) is -3.32. The predicted molar refractivity (Wildman–Crippen MR) is 65.7 cm³/mol. The van der Waals surface area contributed by atoms with Gasteiger partial charge in [0.15, 0.2) is 9.84 Å². The Morgan fingerprint density at radius 2 is 2.29 bits per heavy atom. The van der Waals surface area contributed by atoms with Crippen LogP contribution in [-0.4, -0.2) is 59.9 Å². The van der Waals surface area contributed by atoms with Crippen molar-refractivity contribution in [1.29, 1.82) is 0 Å². The maximum Gasteiger partial charge on any atom is 0.231 e. The van der Waals surface area contributed by atoms with Crippen LogP contribution < -0.4 is 5.73 Å². The molecular formula is C8H15N3O4S2. The highest BCUT2D eigenvalue weighted by molar-refractivity contribution is 8.00. The third-order valence-electron chi connectivity index (χ3n) is 2.36. The molecule has 1 unspecified atom stereocenters. The molecule has 1 aliphatic heterocycles. The lowest BCUT2D eigenvalue weighted by Crippen LogP contribution is -2.50. The molecule has 1 fully saturated rings. The molecule has 3 N–H and O–H groups in total. The Labute approximate surface area is 104 Å². The summed E-state index contributed by atoms with van der Waals surface area (Å²) in [5.74, 6) is 0.394. The van der Waals surface area contributed by atoms with E-state index in [1.54, 1.807) is 0 Å². The number of amides is 1. The number of amidine groups is 1. The Kier molecular flexibility index (Phi) is 4.63. The Bertz CT molecular complexity index is 420. The summed E-state index contributed by atoms with van der Waals surface area (Å²) >= 11 is 1.49. The topological polar surface area (TPSA) is 113 Å². The second kappa shape index (κ2) is 5.58. The molecule has 1 heterocycles. The molecule has 0 aliphatic carbocycles. The summed E-state index contributed by atoms with van der Waals surface area (Å²) in [4.78, 5) is 13.1. The van der Waals surface area contributed by atoms with E-state index in [0.29, 0.717) is 18.1 Å². The van der Waals surface area contributed by atoms with Crippen molar-refractivity contribution in [3.05, 3.63) is 0 Å². The van der Waals surface area contributed by atoms with E-state index in [9.17, 15) is 13.2 Å². The minimum Gasteiger partial charge on any atom is -0.409 e. The standard InChI is InChI=1S/C8H15N3O4S2/c1-17(14,15)8-5-16-3-2-11(8)7(12)4-6(9)10-13/h8,13H,2-5H2,1H3,(H2,9,10). The number of carbonyl (C=O) groups excluding carboxylic acids is 1. The molecule has 1 aliphatic rings. The lowest BCUT2D eigenvalue weighted by molar-refractivity contribution is -0.130. The van der Waals surface area contributed by atoms with E-state index >= 15 is 0 Å². The van der Waals surface area contributed by atoms with E-state index in [-0.39, 0.29) is 12.3 Å². The summed E-state index contributed by atoms with van der Waals surface area (Å²) in [6, 6.07) is 0. The largest absolute Gasteiger partial charge is 0.409 e. The SMILES string of the molecule is CS(=O)(=O)C1CSCCN1C(=O)C/C(N)=N/O. The molecule has 98 valence electrons. The number of sulfone groups is 1. The summed E-state index contributed by atoms with van der Waals surface area (Å²) in [6.07, 6.45) is 0.834. The number of nitrogens with two attached hydrogens (primary N) is 1. The fourth-order valence-corrected chi connectivity index (χ4v) is 4.35. The Balaban J connectivity index is 2.82. The average Bonchev–Trinajstić information content (AvgIpc) is 2.27. The van der Waals surface area contributed by atoms with Crippen LogP contribution in [-0.2, 0) is 14.6 Å². The highest BCUT2D eigenvalue weighted by Gasteiger charge is 2.34. The first-order valence-electron chi connectivity index (χ1n) is 4.88. The number of hydrogen-bond donors (Lipinski definition) is 2. The molecule has 0 aromatic heterocycles. The van der Waals surface area contributed by atoms with Crippen LogP contribution in [0.3, 0.4) is 0 Å². The minimum atomic E-state index is -3.32. The van der Waals surface area contributed by atoms with Gasteiger partial charge in [-0.1, -0.05) is 5.16 Å². The lowest BCUT2D eigenvalue weighted by atomic mass is 10.3. The van der Waals surface area contributed by atoms with Crippen LogP contribution in [0, 0.1) is 0 Å². The van der Waals surface area contributed by atoms with E-state index in [0.717, 1.165) is 6.26 Å². The minimum absolute atomic E-state index is 0.222. The van der Waals surface area contributed by atoms with E-state index in [1.165, 1.54) is 16.7 Å². The van der Waals surface area contributed by atoms with Gasteiger partial charge in [-0.2, -0.15) is 11.8 Å². The molecule has 7 nitrogen and oxygen atoms in total. The van der Waals surface area contributed by atoms with Gasteiger partial charge in [-0.05, 0) is 0 Å². The van der Waals surface area contributed by atoms with Crippen molar-refractivity contribution in [2.75, 3.05) is 24.3 Å². The van der Waals surface area contributed by atoms with Gasteiger partial charge in [0.1, 0.15) is 11.2 Å². The van der Waals surface area contributed by atoms with Gasteiger partial charge in [0.05, 0.1) is 6.42 Å². The zero-order valence-corrected chi connectivity index (χ0v) is 11.0. The zero-order chi connectivity index (χ0) is 13.1. The number of rotatable bonds is 3. The molecule has 0 aromatic rings. The first kappa shape index (κ1) is 14.1. The summed E-state index contributed by atoms with van der Waals surface area (Å²) < 4.78 is 23.1. The molecule has 0 saturated carbocycles. The summed E-state index contributed by atoms with van der Waals surface area (Å²) in [5.41, 5.74) is 5.23. The van der Waals surface area contributed by atoms with Crippen LogP contribution in [0.15, 0.2) is 5.16 Å². The molecule has 1 atom stereocenters. The fourth-order valence-electron chi connectivity index (χ4n) is 1.51. The van der Waals surface area contributed by atoms with Crippen LogP contribution in [0.5, 0.6) is 0 Å². The molecule has 1 amide bonds. The smallest absolute Gasteiger partial charge is 0.231 e. The number of hydrogen-bond acceptors (Lipinski definition) is 6. The number of thioether (sulfide) groups is 1. The van der Waals surface area contributed by atoms with Crippen molar-refractivity contribution < 1.29 is 18.4 Å². The highest BCUT2D eigenvalue weighted by atomic mass is 32.2. The average molecular weight is 281 g/mol. The van der Waals surface area contributed by atoms with Crippen molar-refractivity contribution >= 4 is 33.3 Å². The van der Waals surface area contributed by atoms with Crippen molar-refractivity contribution in [3.63, 3.8) is 0 Å². The third-order valence-corrected chi connectivity index (χ3v) is 5.00. The zero-order valence-electron chi connectivity index (χ0n) is 9.37. The molecule has 0 spiro atoms. The highest BCUT2D eigenvalue weighted by Crippen LogP contribution is 2.20. The van der Waals surface area contributed by atoms with Gasteiger partial charge < -0.3 is 15.8 Å². The first-order chi connectivity index (χ1) is 7.86. The van der Waals surface area contributed by atoms with Crippen LogP contribution in [0.25, 0.3) is 0 Å². The number of nitrogens with zero attached hydrogens (tertiary/aromatic N) is 2. The van der Waals surface area contributed by atoms with Crippen molar-refractivity contribution in [2.45, 2.75) is 11.8 Å². The second-order valence-corrected chi connectivity index (χ2v) is 7.07. The summed E-state index contributed by atoms with van der Waals surface area (Å²) in [6.45, 7) is 0.361. The van der Waals surface area contributed by atoms with Gasteiger partial charge >= 0.3 is 0 Å². The number of oxime groups is 1. The van der Waals surface area contributed by atoms with E-state index in [1.807, 2.05) is 0 Å². The quantitative estimate of drug-likeness (QED) is 0.299. The first-order valence-corrected chi connectivity index (χ1v) is 7.99. The van der Waals surface area contributed by atoms with Gasteiger partial charge in [-0.15, -0.1) is 0 Å². The predicted octanol–water partition coefficient (Wildman–Crippen LogP) is -0.931. The molecule has 1 saturated heterocycles. The Morgan fingerprint density at radius 1 is 1.65 bits per heavy atom. The van der Waals surface area contributed by atoms with Crippen molar-refractivity contribution in [1.82, 2.24) is 4.90 Å². The monoisotopic (exact) mass is 281 g/mol. The second-order valence-electron chi connectivity index (χ2n) is 3.71. The van der Waals surface area contributed by atoms with Crippen LogP contribution in [0.4, 0.5) is 0 Å². The van der Waals surface area contributed by atoms with Gasteiger partial charge in [0.25, 0.3) is 0 Å². The van der Waals surface area contributed by atoms with Gasteiger partial charge in [-0.25, -0.2) is 8.42 Å². The molecule has 9 heteroatoms. The number of carbonyl (C=O) groups is 1. The van der Waals surface area contributed by atoms with Crippen LogP contribution in [0.1, 0.15) is 6.42 Å². The third kappa shape index (κ3) is 3.77. The molecule has 17 heavy (non-hydrogen) atoms. The Morgan fingerprint density at radius 3 is 2.82 bits per heavy atom. The van der Waals surface area contributed by atoms with Gasteiger partial charge in [-0.3, -0.25) is 4.79 Å². The van der Waals surface area contributed by atoms with Gasteiger partial charge in [0, 0.05) is 24.3 Å². The van der Waals surface area contributed by atoms with Crippen LogP contribution in [0.2, 0.25) is 0 Å². The lowest BCUT2D eigenvalue weighted by Gasteiger charge is -2.33. The summed E-state index contributed by atoms with van der Waals surface area (Å²) in [5, 5.41) is 10.3. The fraction of sp³-hybridized carbons (Fsp3) is 0.750. The molecule has 0 bridgehead atoms. The molecule has 0 radical (unpaired) electrons. The van der Waals surface area contributed by atoms with E-state index in [2.05, 4.69) is 5.16 Å². The maximum atomic E-state index is 11.8. The molecule has 1 rings (SSSR count). The Hall–Kier alpha value is -0.960. The maximum absolute atomic E-state index is 11.8. The van der Waals surface area contributed by atoms with Crippen LogP contribution >= 0.6 is 11.8 Å². The molecule has 0 aromatic carbocycles. The van der Waals surface area contributed by atoms with E-state index in [4.69, 9.17) is 10.9 Å². The van der Waals surface area contributed by atoms with Crippen molar-refractivity contribution in [2.24, 2.45) is 10.9 Å². The van der Waals surface area contributed by atoms with Gasteiger partial charge in [0.2, 0.25) is 5.91 Å².